The summed E-state index contributed by atoms with van der Waals surface area (Å²) in [7, 11) is 1.61. The van der Waals surface area contributed by atoms with Crippen LogP contribution in [-0.2, 0) is 4.79 Å². The first kappa shape index (κ1) is 18.5. The van der Waals surface area contributed by atoms with Gasteiger partial charge in [0.1, 0.15) is 11.5 Å². The van der Waals surface area contributed by atoms with Crippen molar-refractivity contribution in [1.82, 2.24) is 5.32 Å². The van der Waals surface area contributed by atoms with Gasteiger partial charge in [-0.05, 0) is 42.3 Å². The summed E-state index contributed by atoms with van der Waals surface area (Å²) in [4.78, 5) is 12.8. The number of nitrogens with one attached hydrogen (secondary N) is 1. The van der Waals surface area contributed by atoms with Crippen LogP contribution in [0.15, 0.2) is 84.9 Å². The van der Waals surface area contributed by atoms with E-state index in [1.54, 1.807) is 38.3 Å². The maximum absolute atomic E-state index is 12.8. The fraction of sp³-hybridized carbons (Fsp3) is 0.174. The van der Waals surface area contributed by atoms with Gasteiger partial charge in [0.25, 0.3) is 5.91 Å². The van der Waals surface area contributed by atoms with Gasteiger partial charge in [0, 0.05) is 0 Å². The number of hydrogen-bond acceptors (Lipinski definition) is 3. The molecule has 0 heterocycles. The van der Waals surface area contributed by atoms with E-state index in [2.05, 4.69) is 5.32 Å². The van der Waals surface area contributed by atoms with E-state index >= 15 is 0 Å². The lowest BCUT2D eigenvalue weighted by Gasteiger charge is -2.22. The van der Waals surface area contributed by atoms with Crippen molar-refractivity contribution in [2.45, 2.75) is 19.1 Å². The number of carbonyl (C=O) groups excluding carboxylic acids is 1. The summed E-state index contributed by atoms with van der Waals surface area (Å²) in [6, 6.07) is 26.8. The molecule has 1 amide bonds. The molecule has 0 aliphatic rings. The van der Waals surface area contributed by atoms with Crippen molar-refractivity contribution in [3.05, 3.63) is 96.1 Å². The van der Waals surface area contributed by atoms with Gasteiger partial charge in [-0.2, -0.15) is 0 Å². The van der Waals surface area contributed by atoms with Crippen LogP contribution in [-0.4, -0.2) is 19.1 Å². The molecule has 0 radical (unpaired) electrons. The Bertz CT molecular complexity index is 808. The molecule has 3 aromatic rings. The molecular weight excluding hydrogens is 338 g/mol. The minimum atomic E-state index is -0.631. The summed E-state index contributed by atoms with van der Waals surface area (Å²) in [6.07, 6.45) is -0.631. The predicted molar refractivity (Wildman–Crippen MR) is 106 cm³/mol. The topological polar surface area (TPSA) is 47.6 Å². The molecule has 0 unspecified atom stereocenters. The van der Waals surface area contributed by atoms with Crippen LogP contribution in [0.4, 0.5) is 0 Å². The van der Waals surface area contributed by atoms with Gasteiger partial charge in [0.2, 0.25) is 0 Å². The van der Waals surface area contributed by atoms with Gasteiger partial charge in [0.05, 0.1) is 13.2 Å². The van der Waals surface area contributed by atoms with E-state index in [-0.39, 0.29) is 11.9 Å². The summed E-state index contributed by atoms with van der Waals surface area (Å²) >= 11 is 0. The SMILES string of the molecule is COc1ccc(O[C@H](C)C(=O)NC(c2ccccc2)c2ccccc2)cc1. The normalized spacial score (nSPS) is 11.7. The minimum absolute atomic E-state index is 0.177. The Morgan fingerprint density at radius 1 is 0.778 bits per heavy atom. The van der Waals surface area contributed by atoms with Gasteiger partial charge in [-0.3, -0.25) is 4.79 Å². The van der Waals surface area contributed by atoms with Crippen LogP contribution in [0.25, 0.3) is 0 Å². The predicted octanol–water partition coefficient (Wildman–Crippen LogP) is 4.37. The van der Waals surface area contributed by atoms with Crippen LogP contribution in [0.5, 0.6) is 11.5 Å². The highest BCUT2D eigenvalue weighted by molar-refractivity contribution is 5.81. The second-order valence-electron chi connectivity index (χ2n) is 6.20. The lowest BCUT2D eigenvalue weighted by molar-refractivity contribution is -0.127. The molecule has 0 spiro atoms. The van der Waals surface area contributed by atoms with Gasteiger partial charge in [-0.1, -0.05) is 60.7 Å². The van der Waals surface area contributed by atoms with Crippen molar-refractivity contribution in [1.29, 1.82) is 0 Å². The van der Waals surface area contributed by atoms with Gasteiger partial charge in [-0.25, -0.2) is 0 Å². The maximum atomic E-state index is 12.8. The molecule has 0 aromatic heterocycles. The first-order valence-corrected chi connectivity index (χ1v) is 8.88. The Kier molecular flexibility index (Phi) is 6.10. The summed E-state index contributed by atoms with van der Waals surface area (Å²) in [5.74, 6) is 1.19. The fourth-order valence-corrected chi connectivity index (χ4v) is 2.82. The Morgan fingerprint density at radius 3 is 1.74 bits per heavy atom. The molecule has 27 heavy (non-hydrogen) atoms. The van der Waals surface area contributed by atoms with E-state index in [0.717, 1.165) is 16.9 Å². The number of amides is 1. The molecule has 4 nitrogen and oxygen atoms in total. The third kappa shape index (κ3) is 4.88. The highest BCUT2D eigenvalue weighted by Crippen LogP contribution is 2.23. The van der Waals surface area contributed by atoms with E-state index < -0.39 is 6.10 Å². The standard InChI is InChI=1S/C23H23NO3/c1-17(27-21-15-13-20(26-2)14-16-21)23(25)24-22(18-9-5-3-6-10-18)19-11-7-4-8-12-19/h3-17,22H,1-2H3,(H,24,25)/t17-/m1/s1. The van der Waals surface area contributed by atoms with E-state index in [1.807, 2.05) is 60.7 Å². The molecule has 138 valence electrons. The van der Waals surface area contributed by atoms with Gasteiger partial charge in [0.15, 0.2) is 6.10 Å². The Labute approximate surface area is 159 Å². The van der Waals surface area contributed by atoms with Gasteiger partial charge >= 0.3 is 0 Å². The second kappa shape index (κ2) is 8.90. The highest BCUT2D eigenvalue weighted by atomic mass is 16.5. The number of methoxy groups -OCH3 is 1. The lowest BCUT2D eigenvalue weighted by atomic mass is 9.98. The molecule has 0 saturated carbocycles. The zero-order chi connectivity index (χ0) is 19.1. The van der Waals surface area contributed by atoms with Gasteiger partial charge < -0.3 is 14.8 Å². The average Bonchev–Trinajstić information content (AvgIpc) is 2.73. The van der Waals surface area contributed by atoms with E-state index in [4.69, 9.17) is 9.47 Å². The van der Waals surface area contributed by atoms with E-state index in [9.17, 15) is 4.79 Å². The van der Waals surface area contributed by atoms with E-state index in [0.29, 0.717) is 5.75 Å². The van der Waals surface area contributed by atoms with Crippen LogP contribution in [0.1, 0.15) is 24.1 Å². The van der Waals surface area contributed by atoms with Crippen LogP contribution in [0, 0.1) is 0 Å². The first-order chi connectivity index (χ1) is 13.2. The average molecular weight is 361 g/mol. The summed E-state index contributed by atoms with van der Waals surface area (Å²) in [6.45, 7) is 1.74. The number of benzene rings is 3. The molecule has 0 fully saturated rings. The lowest BCUT2D eigenvalue weighted by Crippen LogP contribution is -2.39. The maximum Gasteiger partial charge on any atom is 0.261 e. The van der Waals surface area contributed by atoms with Crippen molar-refractivity contribution >= 4 is 5.91 Å². The molecule has 4 heteroatoms. The van der Waals surface area contributed by atoms with Crippen molar-refractivity contribution in [3.63, 3.8) is 0 Å². The van der Waals surface area contributed by atoms with Crippen molar-refractivity contribution in [3.8, 4) is 11.5 Å². The fourth-order valence-electron chi connectivity index (χ4n) is 2.82. The van der Waals surface area contributed by atoms with E-state index in [1.165, 1.54) is 0 Å². The molecular formula is C23H23NO3. The van der Waals surface area contributed by atoms with Gasteiger partial charge in [-0.15, -0.1) is 0 Å². The van der Waals surface area contributed by atoms with Crippen LogP contribution in [0.3, 0.4) is 0 Å². The Morgan fingerprint density at radius 2 is 1.26 bits per heavy atom. The summed E-state index contributed by atoms with van der Waals surface area (Å²) < 4.78 is 10.9. The van der Waals surface area contributed by atoms with Crippen molar-refractivity contribution in [2.24, 2.45) is 0 Å². The Hall–Kier alpha value is -3.27. The second-order valence-corrected chi connectivity index (χ2v) is 6.20. The van der Waals surface area contributed by atoms with Crippen molar-refractivity contribution in [2.75, 3.05) is 7.11 Å². The number of rotatable bonds is 7. The molecule has 0 aliphatic heterocycles. The molecule has 0 bridgehead atoms. The molecule has 1 N–H and O–H groups in total. The number of carbonyl (C=O) groups is 1. The smallest absolute Gasteiger partial charge is 0.261 e. The van der Waals surface area contributed by atoms with Crippen LogP contribution < -0.4 is 14.8 Å². The number of hydrogen-bond donors (Lipinski definition) is 1. The third-order valence-corrected chi connectivity index (χ3v) is 4.29. The van der Waals surface area contributed by atoms with Crippen LogP contribution >= 0.6 is 0 Å². The minimum Gasteiger partial charge on any atom is -0.497 e. The largest absolute Gasteiger partial charge is 0.497 e. The number of ether oxygens (including phenoxy) is 2. The molecule has 1 atom stereocenters. The van der Waals surface area contributed by atoms with Crippen LogP contribution in [0.2, 0.25) is 0 Å². The molecule has 3 rings (SSSR count). The summed E-state index contributed by atoms with van der Waals surface area (Å²) in [5, 5.41) is 3.10. The highest BCUT2D eigenvalue weighted by Gasteiger charge is 2.21. The molecule has 3 aromatic carbocycles. The first-order valence-electron chi connectivity index (χ1n) is 8.88. The third-order valence-electron chi connectivity index (χ3n) is 4.29. The zero-order valence-electron chi connectivity index (χ0n) is 15.5. The molecule has 0 saturated heterocycles. The quantitative estimate of drug-likeness (QED) is 0.680. The zero-order valence-corrected chi connectivity index (χ0v) is 15.5. The summed E-state index contributed by atoms with van der Waals surface area (Å²) in [5.41, 5.74) is 2.04. The monoisotopic (exact) mass is 361 g/mol. The van der Waals surface area contributed by atoms with Crippen molar-refractivity contribution < 1.29 is 14.3 Å². The molecule has 0 aliphatic carbocycles. The Balaban J connectivity index is 1.73.